The first-order valence-electron chi connectivity index (χ1n) is 5.94. The van der Waals surface area contributed by atoms with Crippen LogP contribution in [0.25, 0.3) is 5.70 Å². The second-order valence-corrected chi connectivity index (χ2v) is 4.32. The Hall–Kier alpha value is -1.04. The molecule has 1 unspecified atom stereocenters. The zero-order chi connectivity index (χ0) is 13.0. The van der Waals surface area contributed by atoms with Crippen LogP contribution in [-0.2, 0) is 32.7 Å². The van der Waals surface area contributed by atoms with E-state index in [-0.39, 0.29) is 32.7 Å². The molecule has 0 aromatic heterocycles. The van der Waals surface area contributed by atoms with Gasteiger partial charge in [-0.1, -0.05) is 19.4 Å². The van der Waals surface area contributed by atoms with Gasteiger partial charge in [0, 0.05) is 38.4 Å². The topological polar surface area (TPSA) is 21.3 Å². The summed E-state index contributed by atoms with van der Waals surface area (Å²) in [5.74, 6) is 3.66. The van der Waals surface area contributed by atoms with Gasteiger partial charge in [0.15, 0.2) is 0 Å². The molecule has 1 aliphatic heterocycles. The molecule has 0 aliphatic carbocycles. The van der Waals surface area contributed by atoms with E-state index in [9.17, 15) is 0 Å². The molecule has 1 heterocycles. The summed E-state index contributed by atoms with van der Waals surface area (Å²) in [7, 11) is 0. The van der Waals surface area contributed by atoms with Gasteiger partial charge in [-0.3, -0.25) is 0 Å². The number of allylic oxidation sites excluding steroid dienone is 2. The first-order valence-corrected chi connectivity index (χ1v) is 5.94. The number of hydrogen-bond acceptors (Lipinski definition) is 2. The minimum absolute atomic E-state index is 0. The third kappa shape index (κ3) is 4.23. The van der Waals surface area contributed by atoms with Gasteiger partial charge in [-0.25, -0.2) is 6.08 Å². The van der Waals surface area contributed by atoms with Crippen molar-refractivity contribution < 1.29 is 37.4 Å². The van der Waals surface area contributed by atoms with E-state index >= 15 is 0 Å². The molecular weight excluding hydrogens is 311 g/mol. The fraction of sp³-hybridized carbons (Fsp3) is 0.250. The summed E-state index contributed by atoms with van der Waals surface area (Å²) < 4.78 is 5.33. The van der Waals surface area contributed by atoms with Crippen LogP contribution >= 0.6 is 0 Å². The molecule has 0 fully saturated rings. The molecule has 1 aromatic rings. The molecule has 1 aliphatic rings. The Kier molecular flexibility index (Phi) is 6.35. The van der Waals surface area contributed by atoms with Crippen molar-refractivity contribution in [2.24, 2.45) is 5.92 Å². The Balaban J connectivity index is 0.00000180. The van der Waals surface area contributed by atoms with Crippen LogP contribution in [-0.4, -0.2) is 6.61 Å². The Bertz CT molecular complexity index is 511. The summed E-state index contributed by atoms with van der Waals surface area (Å²) >= 11 is 0. The largest absolute Gasteiger partial charge is 0.481 e. The summed E-state index contributed by atoms with van der Waals surface area (Å²) in [6.07, 6.45) is 9.39. The average molecular weight is 327 g/mol. The van der Waals surface area contributed by atoms with Crippen molar-refractivity contribution in [1.82, 2.24) is 5.32 Å². The predicted octanol–water partition coefficient (Wildman–Crippen LogP) is 2.98. The molecular formula is C16H16NOY-. The quantitative estimate of drug-likeness (QED) is 0.681. The molecule has 2 rings (SSSR count). The molecule has 0 saturated heterocycles. The van der Waals surface area contributed by atoms with Gasteiger partial charge in [-0.05, 0) is 18.1 Å². The summed E-state index contributed by atoms with van der Waals surface area (Å²) in [6.45, 7) is 6.44. The van der Waals surface area contributed by atoms with Crippen LogP contribution in [0.3, 0.4) is 0 Å². The van der Waals surface area contributed by atoms with Gasteiger partial charge in [0.25, 0.3) is 0 Å². The third-order valence-corrected chi connectivity index (χ3v) is 2.93. The normalized spacial score (nSPS) is 17.6. The van der Waals surface area contributed by atoms with E-state index in [0.29, 0.717) is 12.5 Å². The van der Waals surface area contributed by atoms with Crippen LogP contribution in [0.15, 0.2) is 36.5 Å². The van der Waals surface area contributed by atoms with E-state index in [0.717, 1.165) is 29.1 Å². The van der Waals surface area contributed by atoms with Crippen LogP contribution in [0.1, 0.15) is 18.9 Å². The molecule has 0 spiro atoms. The summed E-state index contributed by atoms with van der Waals surface area (Å²) in [6, 6.07) is 7.79. The minimum Gasteiger partial charge on any atom is -0.481 e. The summed E-state index contributed by atoms with van der Waals surface area (Å²) in [5.41, 5.74) is 3.11. The van der Waals surface area contributed by atoms with E-state index in [1.54, 1.807) is 0 Å². The Morgan fingerprint density at radius 3 is 2.74 bits per heavy atom. The number of ether oxygens (including phenoxy) is 1. The van der Waals surface area contributed by atoms with Crippen LogP contribution in [0.2, 0.25) is 0 Å². The standard InChI is InChI=1S/C16H16NO.Y/c1-4-11-18-15-8-6-14(7-9-15)16-10-5-12(2)13(3)17-16;/h1,6-9,12,17H,3,5,11H2,2H3;/q-1;. The van der Waals surface area contributed by atoms with E-state index in [4.69, 9.17) is 11.2 Å². The molecule has 0 amide bonds. The third-order valence-electron chi connectivity index (χ3n) is 2.93. The van der Waals surface area contributed by atoms with Gasteiger partial charge in [0.2, 0.25) is 0 Å². The van der Waals surface area contributed by atoms with Crippen LogP contribution < -0.4 is 10.1 Å². The van der Waals surface area contributed by atoms with E-state index < -0.39 is 0 Å². The van der Waals surface area contributed by atoms with Gasteiger partial charge < -0.3 is 10.1 Å². The van der Waals surface area contributed by atoms with Crippen molar-refractivity contribution in [1.29, 1.82) is 0 Å². The molecule has 1 atom stereocenters. The van der Waals surface area contributed by atoms with Gasteiger partial charge in [-0.15, -0.1) is 30.7 Å². The van der Waals surface area contributed by atoms with E-state index in [1.807, 2.05) is 24.3 Å². The maximum atomic E-state index is 5.33. The van der Waals surface area contributed by atoms with Crippen molar-refractivity contribution in [3.8, 4) is 18.1 Å². The molecule has 3 heteroatoms. The summed E-state index contributed by atoms with van der Waals surface area (Å²) in [4.78, 5) is 0. The van der Waals surface area contributed by atoms with Gasteiger partial charge >= 0.3 is 0 Å². The van der Waals surface area contributed by atoms with Crippen molar-refractivity contribution in [3.63, 3.8) is 0 Å². The number of nitrogens with one attached hydrogen (secondary N) is 1. The Morgan fingerprint density at radius 1 is 1.47 bits per heavy atom. The van der Waals surface area contributed by atoms with Crippen molar-refractivity contribution >= 4 is 5.70 Å². The van der Waals surface area contributed by atoms with Crippen LogP contribution in [0, 0.1) is 24.3 Å². The molecule has 1 aromatic carbocycles. The zero-order valence-corrected chi connectivity index (χ0v) is 13.9. The second kappa shape index (κ2) is 7.53. The maximum Gasteiger partial charge on any atom is 0.148 e. The van der Waals surface area contributed by atoms with Crippen molar-refractivity contribution in [3.05, 3.63) is 48.2 Å². The molecule has 0 saturated carbocycles. The first kappa shape index (κ1) is 16.0. The molecule has 0 bridgehead atoms. The molecule has 1 radical (unpaired) electrons. The molecule has 19 heavy (non-hydrogen) atoms. The van der Waals surface area contributed by atoms with E-state index in [2.05, 4.69) is 30.8 Å². The molecule has 2 nitrogen and oxygen atoms in total. The Labute approximate surface area is 140 Å². The first-order chi connectivity index (χ1) is 8.70. The Morgan fingerprint density at radius 2 is 2.16 bits per heavy atom. The number of rotatable bonds is 3. The molecule has 95 valence electrons. The average Bonchev–Trinajstić information content (AvgIpc) is 2.40. The fourth-order valence-electron chi connectivity index (χ4n) is 1.72. The smallest absolute Gasteiger partial charge is 0.148 e. The zero-order valence-electron chi connectivity index (χ0n) is 11.1. The van der Waals surface area contributed by atoms with Gasteiger partial charge in [0.1, 0.15) is 12.4 Å². The number of benzene rings is 1. The maximum absolute atomic E-state index is 5.33. The monoisotopic (exact) mass is 327 g/mol. The van der Waals surface area contributed by atoms with Crippen LogP contribution in [0.4, 0.5) is 0 Å². The second-order valence-electron chi connectivity index (χ2n) is 4.32. The van der Waals surface area contributed by atoms with E-state index in [1.165, 1.54) is 0 Å². The minimum atomic E-state index is 0. The molecule has 1 N–H and O–H groups in total. The van der Waals surface area contributed by atoms with Gasteiger partial charge in [0.05, 0.1) is 0 Å². The number of terminal acetylenes is 1. The summed E-state index contributed by atoms with van der Waals surface area (Å²) in [5, 5.41) is 3.28. The number of hydrogen-bond donors (Lipinski definition) is 1. The van der Waals surface area contributed by atoms with Gasteiger partial charge in [-0.2, -0.15) is 5.56 Å². The van der Waals surface area contributed by atoms with Crippen molar-refractivity contribution in [2.75, 3.05) is 6.61 Å². The predicted molar refractivity (Wildman–Crippen MR) is 73.5 cm³/mol. The van der Waals surface area contributed by atoms with Crippen molar-refractivity contribution in [2.45, 2.75) is 13.3 Å². The fourth-order valence-corrected chi connectivity index (χ4v) is 1.72. The van der Waals surface area contributed by atoms with Crippen LogP contribution in [0.5, 0.6) is 5.75 Å². The SMILES string of the molecule is C#CCOc1ccc(C2=[C-]CC(C)C(=C)N2)cc1.[Y].